The molecule has 1 aromatic carbocycles. The van der Waals surface area contributed by atoms with Gasteiger partial charge in [-0.25, -0.2) is 9.59 Å². The van der Waals surface area contributed by atoms with Crippen molar-refractivity contribution in [2.75, 3.05) is 0 Å². The molecule has 0 fully saturated rings. The number of carbonyl (C=O) groups is 2. The molecule has 6 heteroatoms. The van der Waals surface area contributed by atoms with Crippen molar-refractivity contribution in [3.63, 3.8) is 0 Å². The van der Waals surface area contributed by atoms with E-state index in [0.29, 0.717) is 17.5 Å². The maximum atomic E-state index is 12.8. The Bertz CT molecular complexity index is 825. The van der Waals surface area contributed by atoms with Crippen LogP contribution in [0.4, 0.5) is 0 Å². The molecule has 1 heterocycles. The molecule has 152 valence electrons. The number of phenolic OH excluding ortho intramolecular Hbond substituents is 1. The van der Waals surface area contributed by atoms with E-state index in [9.17, 15) is 19.8 Å². The fraction of sp³-hybridized carbons (Fsp3) is 0.545. The van der Waals surface area contributed by atoms with Gasteiger partial charge < -0.3 is 19.7 Å². The van der Waals surface area contributed by atoms with Crippen LogP contribution >= 0.6 is 0 Å². The minimum absolute atomic E-state index is 0.0450. The van der Waals surface area contributed by atoms with E-state index in [0.717, 1.165) is 38.5 Å². The molecule has 2 aliphatic rings. The molecule has 2 atom stereocenters. The van der Waals surface area contributed by atoms with Gasteiger partial charge in [0, 0.05) is 18.4 Å². The molecule has 0 saturated heterocycles. The lowest BCUT2D eigenvalue weighted by Crippen LogP contribution is -2.49. The van der Waals surface area contributed by atoms with Crippen LogP contribution in [-0.2, 0) is 16.0 Å². The molecule has 6 nitrogen and oxygen atoms in total. The predicted octanol–water partition coefficient (Wildman–Crippen LogP) is 4.69. The Hall–Kier alpha value is -2.50. The highest BCUT2D eigenvalue weighted by Crippen LogP contribution is 2.47. The summed E-state index contributed by atoms with van der Waals surface area (Å²) in [7, 11) is 0. The first-order chi connectivity index (χ1) is 13.3. The lowest BCUT2D eigenvalue weighted by atomic mass is 9.82. The molecule has 0 bridgehead atoms. The first kappa shape index (κ1) is 20.2. The molecule has 0 amide bonds. The number of aryl methyl sites for hydroxylation is 1. The maximum Gasteiger partial charge on any atom is 0.390 e. The van der Waals surface area contributed by atoms with Crippen LogP contribution in [0.1, 0.15) is 86.7 Å². The minimum atomic E-state index is -2.11. The Morgan fingerprint density at radius 3 is 2.71 bits per heavy atom. The number of carboxylic acid groups (broad SMARTS) is 1. The molecule has 2 N–H and O–H groups in total. The number of benzene rings is 1. The van der Waals surface area contributed by atoms with E-state index < -0.39 is 17.7 Å². The van der Waals surface area contributed by atoms with Crippen molar-refractivity contribution in [3.05, 3.63) is 34.4 Å². The summed E-state index contributed by atoms with van der Waals surface area (Å²) in [4.78, 5) is 24.5. The SMILES string of the molecule is CCCCCc1cc(O)c(C2C=C(C)CCC2)c2c1C(=O)OC(C)(C(=O)O)O2. The van der Waals surface area contributed by atoms with E-state index in [1.807, 2.05) is 6.92 Å². The molecule has 0 radical (unpaired) electrons. The van der Waals surface area contributed by atoms with Gasteiger partial charge in [0.15, 0.2) is 0 Å². The third-order valence-corrected chi connectivity index (χ3v) is 5.55. The van der Waals surface area contributed by atoms with Gasteiger partial charge in [0.1, 0.15) is 17.1 Å². The minimum Gasteiger partial charge on any atom is -0.507 e. The number of allylic oxidation sites excluding steroid dienone is 2. The van der Waals surface area contributed by atoms with Gasteiger partial charge in [0.2, 0.25) is 0 Å². The van der Waals surface area contributed by atoms with Gasteiger partial charge in [0.05, 0.1) is 0 Å². The van der Waals surface area contributed by atoms with Crippen LogP contribution in [0.5, 0.6) is 11.5 Å². The monoisotopic (exact) mass is 388 g/mol. The number of aliphatic carboxylic acids is 1. The van der Waals surface area contributed by atoms with Crippen LogP contribution < -0.4 is 4.74 Å². The molecular formula is C22H28O6. The summed E-state index contributed by atoms with van der Waals surface area (Å²) >= 11 is 0. The van der Waals surface area contributed by atoms with Gasteiger partial charge in [0.25, 0.3) is 0 Å². The van der Waals surface area contributed by atoms with E-state index >= 15 is 0 Å². The second kappa shape index (κ2) is 7.86. The van der Waals surface area contributed by atoms with Crippen molar-refractivity contribution in [2.24, 2.45) is 0 Å². The first-order valence-corrected chi connectivity index (χ1v) is 9.98. The summed E-state index contributed by atoms with van der Waals surface area (Å²) < 4.78 is 10.9. The van der Waals surface area contributed by atoms with Gasteiger partial charge in [-0.1, -0.05) is 31.4 Å². The second-order valence-electron chi connectivity index (χ2n) is 7.88. The largest absolute Gasteiger partial charge is 0.507 e. The predicted molar refractivity (Wildman–Crippen MR) is 104 cm³/mol. The number of hydrogen-bond acceptors (Lipinski definition) is 5. The highest BCUT2D eigenvalue weighted by molar-refractivity contribution is 5.98. The number of ether oxygens (including phenoxy) is 2. The van der Waals surface area contributed by atoms with E-state index in [1.165, 1.54) is 12.5 Å². The normalized spacial score (nSPS) is 24.0. The van der Waals surface area contributed by atoms with Crippen molar-refractivity contribution >= 4 is 11.9 Å². The van der Waals surface area contributed by atoms with Gasteiger partial charge in [-0.3, -0.25) is 0 Å². The van der Waals surface area contributed by atoms with Crippen LogP contribution in [-0.4, -0.2) is 27.9 Å². The number of esters is 1. The maximum absolute atomic E-state index is 12.8. The Balaban J connectivity index is 2.16. The van der Waals surface area contributed by atoms with E-state index in [2.05, 4.69) is 13.0 Å². The van der Waals surface area contributed by atoms with Crippen molar-refractivity contribution in [1.29, 1.82) is 0 Å². The number of unbranched alkanes of at least 4 members (excludes halogenated alkanes) is 2. The number of phenols is 1. The van der Waals surface area contributed by atoms with Gasteiger partial charge in [-0.15, -0.1) is 0 Å². The van der Waals surface area contributed by atoms with Crippen molar-refractivity contribution in [1.82, 2.24) is 0 Å². The van der Waals surface area contributed by atoms with Crippen molar-refractivity contribution in [3.8, 4) is 11.5 Å². The second-order valence-corrected chi connectivity index (χ2v) is 7.88. The Morgan fingerprint density at radius 2 is 2.07 bits per heavy atom. The number of carboxylic acids is 1. The lowest BCUT2D eigenvalue weighted by Gasteiger charge is -2.35. The van der Waals surface area contributed by atoms with Crippen LogP contribution in [0.25, 0.3) is 0 Å². The summed E-state index contributed by atoms with van der Waals surface area (Å²) in [5, 5.41) is 20.3. The number of aromatic hydroxyl groups is 1. The molecule has 1 aliphatic heterocycles. The Morgan fingerprint density at radius 1 is 1.32 bits per heavy atom. The smallest absolute Gasteiger partial charge is 0.390 e. The molecule has 1 aliphatic carbocycles. The number of cyclic esters (lactones) is 1. The number of fused-ring (bicyclic) bond motifs is 1. The highest BCUT2D eigenvalue weighted by atomic mass is 16.7. The van der Waals surface area contributed by atoms with E-state index in [-0.39, 0.29) is 23.0 Å². The van der Waals surface area contributed by atoms with Crippen LogP contribution in [0.15, 0.2) is 17.7 Å². The molecule has 0 aromatic heterocycles. The highest BCUT2D eigenvalue weighted by Gasteiger charge is 2.48. The average Bonchev–Trinajstić information content (AvgIpc) is 2.61. The molecule has 0 saturated carbocycles. The van der Waals surface area contributed by atoms with Crippen LogP contribution in [0.2, 0.25) is 0 Å². The summed E-state index contributed by atoms with van der Waals surface area (Å²) in [5.41, 5.74) is 2.58. The zero-order valence-corrected chi connectivity index (χ0v) is 16.7. The van der Waals surface area contributed by atoms with Crippen LogP contribution in [0.3, 0.4) is 0 Å². The van der Waals surface area contributed by atoms with Crippen LogP contribution in [0, 0.1) is 0 Å². The zero-order valence-electron chi connectivity index (χ0n) is 16.7. The fourth-order valence-corrected chi connectivity index (χ4v) is 4.03. The molecule has 2 unspecified atom stereocenters. The van der Waals surface area contributed by atoms with Crippen molar-refractivity contribution < 1.29 is 29.3 Å². The summed E-state index contributed by atoms with van der Waals surface area (Å²) in [6, 6.07) is 1.62. The Labute approximate surface area is 165 Å². The fourth-order valence-electron chi connectivity index (χ4n) is 4.03. The third kappa shape index (κ3) is 3.73. The van der Waals surface area contributed by atoms with E-state index in [1.54, 1.807) is 6.07 Å². The van der Waals surface area contributed by atoms with E-state index in [4.69, 9.17) is 9.47 Å². The Kier molecular flexibility index (Phi) is 5.68. The summed E-state index contributed by atoms with van der Waals surface area (Å²) in [6.07, 6.45) is 8.27. The average molecular weight is 388 g/mol. The summed E-state index contributed by atoms with van der Waals surface area (Å²) in [5.74, 6) is -4.14. The molecule has 1 aromatic rings. The number of carbonyl (C=O) groups excluding carboxylic acids is 1. The summed E-state index contributed by atoms with van der Waals surface area (Å²) in [6.45, 7) is 5.33. The van der Waals surface area contributed by atoms with Gasteiger partial charge >= 0.3 is 17.7 Å². The molecular weight excluding hydrogens is 360 g/mol. The number of rotatable bonds is 6. The third-order valence-electron chi connectivity index (χ3n) is 5.55. The first-order valence-electron chi connectivity index (χ1n) is 9.98. The van der Waals surface area contributed by atoms with Crippen molar-refractivity contribution in [2.45, 2.75) is 77.4 Å². The van der Waals surface area contributed by atoms with Gasteiger partial charge in [-0.05, 0) is 50.7 Å². The molecule has 3 rings (SSSR count). The molecule has 28 heavy (non-hydrogen) atoms. The standard InChI is InChI=1S/C22H28O6/c1-4-5-6-9-15-12-16(23)17(14-10-7-8-13(2)11-14)19-18(15)20(24)28-22(3,27-19)21(25)26/h11-12,14,23H,4-10H2,1-3H3,(H,25,26). The molecule has 0 spiro atoms. The topological polar surface area (TPSA) is 93.1 Å². The zero-order chi connectivity index (χ0) is 20.5. The number of hydrogen-bond donors (Lipinski definition) is 2. The lowest BCUT2D eigenvalue weighted by molar-refractivity contribution is -0.193. The van der Waals surface area contributed by atoms with Gasteiger partial charge in [-0.2, -0.15) is 0 Å². The quantitative estimate of drug-likeness (QED) is 0.417.